The van der Waals surface area contributed by atoms with Crippen molar-refractivity contribution in [3.05, 3.63) is 24.3 Å². The Morgan fingerprint density at radius 1 is 1.29 bits per heavy atom. The molecule has 0 radical (unpaired) electrons. The summed E-state index contributed by atoms with van der Waals surface area (Å²) in [5, 5.41) is 0. The molecule has 0 atom stereocenters. The van der Waals surface area contributed by atoms with E-state index in [4.69, 9.17) is 0 Å². The molecule has 0 bridgehead atoms. The molecule has 1 aromatic heterocycles. The van der Waals surface area contributed by atoms with Crippen molar-refractivity contribution in [2.75, 3.05) is 0 Å². The Hall–Kier alpha value is 0.0749. The Labute approximate surface area is 60.4 Å². The van der Waals surface area contributed by atoms with Gasteiger partial charge in [-0.05, 0) is 0 Å². The van der Waals surface area contributed by atoms with Crippen LogP contribution in [0.2, 0.25) is 0 Å². The van der Waals surface area contributed by atoms with Gasteiger partial charge in [-0.25, -0.2) is 0 Å². The van der Waals surface area contributed by atoms with Gasteiger partial charge in [0.25, 0.3) is 0 Å². The van der Waals surface area contributed by atoms with E-state index in [1.807, 2.05) is 18.1 Å². The number of hydrogen-bond acceptors (Lipinski definition) is 1. The molecule has 3 heteroatoms. The van der Waals surface area contributed by atoms with E-state index in [-0.39, 0.29) is 24.0 Å². The fourth-order valence-electron chi connectivity index (χ4n) is 0.313. The van der Waals surface area contributed by atoms with E-state index in [0.717, 1.165) is 0 Å². The molecular weight excluding hydrogens is 200 g/mol. The first kappa shape index (κ1) is 7.07. The van der Waals surface area contributed by atoms with Crippen LogP contribution in [-0.2, 0) is 0 Å². The van der Waals surface area contributed by atoms with E-state index in [2.05, 4.69) is 4.89 Å². The molecule has 1 nitrogen and oxygen atoms in total. The van der Waals surface area contributed by atoms with Gasteiger partial charge in [-0.15, -0.1) is 24.0 Å². The summed E-state index contributed by atoms with van der Waals surface area (Å²) in [6.07, 6.45) is 1.75. The molecule has 0 N–H and O–H groups in total. The number of aromatic nitrogens is 1. The Kier molecular flexibility index (Phi) is 4.28. The third-order valence-electron chi connectivity index (χ3n) is 0.566. The molecule has 0 unspecified atom stereocenters. The maximum atomic E-state index is 3.78. The minimum atomic E-state index is 0. The van der Waals surface area contributed by atoms with Crippen LogP contribution >= 0.6 is 24.0 Å². The summed E-state index contributed by atoms with van der Waals surface area (Å²) in [5.41, 5.74) is 0. The molecule has 0 aliphatic rings. The van der Waals surface area contributed by atoms with Crippen molar-refractivity contribution in [1.29, 1.82) is 0 Å². The van der Waals surface area contributed by atoms with Gasteiger partial charge < -0.3 is 0 Å². The van der Waals surface area contributed by atoms with Gasteiger partial charge in [-0.1, -0.05) is 0 Å². The monoisotopic (exact) mass is 205 g/mol. The second-order valence-corrected chi connectivity index (χ2v) is 1.02. The van der Waals surface area contributed by atoms with Crippen molar-refractivity contribution >= 4 is 31.0 Å². The molecule has 0 fully saturated rings. The van der Waals surface area contributed by atoms with Crippen molar-refractivity contribution in [2.45, 2.75) is 0 Å². The van der Waals surface area contributed by atoms with E-state index >= 15 is 0 Å². The van der Waals surface area contributed by atoms with E-state index in [1.165, 1.54) is 0 Å². The molecule has 1 heterocycles. The summed E-state index contributed by atoms with van der Waals surface area (Å²) in [6, 6.07) is 3.83. The second kappa shape index (κ2) is 4.24. The number of nitrogens with zero attached hydrogens (tertiary/aromatic N) is 1. The SMILES string of the molecule is I.b1ccccn1. The van der Waals surface area contributed by atoms with Crippen LogP contribution in [0.3, 0.4) is 0 Å². The van der Waals surface area contributed by atoms with E-state index in [1.54, 1.807) is 13.2 Å². The van der Waals surface area contributed by atoms with Crippen LogP contribution in [0.1, 0.15) is 0 Å². The minimum absolute atomic E-state index is 0. The molecule has 0 saturated heterocycles. The molecule has 1 rings (SSSR count). The molecular formula is C4H5BIN. The first-order chi connectivity index (χ1) is 3.00. The predicted molar refractivity (Wildman–Crippen MR) is 41.0 cm³/mol. The molecule has 0 saturated carbocycles. The Bertz CT molecular complexity index is 83.6. The van der Waals surface area contributed by atoms with Crippen molar-refractivity contribution in [3.63, 3.8) is 0 Å². The normalized spacial score (nSPS) is 6.29. The first-order valence-corrected chi connectivity index (χ1v) is 1.85. The Morgan fingerprint density at radius 2 is 2.14 bits per heavy atom. The average molecular weight is 205 g/mol. The summed E-state index contributed by atoms with van der Waals surface area (Å²) in [7, 11) is 1.75. The molecule has 0 aliphatic heterocycles. The fraction of sp³-hybridized carbons (Fsp3) is 0. The van der Waals surface area contributed by atoms with Gasteiger partial charge >= 0.3 is 36.2 Å². The summed E-state index contributed by atoms with van der Waals surface area (Å²) < 4.78 is 0. The van der Waals surface area contributed by atoms with Crippen molar-refractivity contribution in [1.82, 2.24) is 4.89 Å². The molecule has 0 aliphatic carbocycles. The van der Waals surface area contributed by atoms with Gasteiger partial charge in [0.05, 0.1) is 0 Å². The number of hydrogen-bond donors (Lipinski definition) is 0. The zero-order chi connectivity index (χ0) is 4.24. The first-order valence-electron chi connectivity index (χ1n) is 1.85. The Balaban J connectivity index is 0.000000360. The summed E-state index contributed by atoms with van der Waals surface area (Å²) in [4.78, 5) is 3.78. The zero-order valence-corrected chi connectivity index (χ0v) is 6.07. The third kappa shape index (κ3) is 2.73. The topological polar surface area (TPSA) is 12.9 Å². The van der Waals surface area contributed by atoms with Crippen LogP contribution in [0.15, 0.2) is 24.3 Å². The maximum absolute atomic E-state index is 3.78. The molecule has 36 valence electrons. The van der Waals surface area contributed by atoms with Crippen LogP contribution in [-0.4, -0.2) is 11.9 Å². The van der Waals surface area contributed by atoms with Gasteiger partial charge in [-0.3, -0.25) is 0 Å². The van der Waals surface area contributed by atoms with Gasteiger partial charge in [0, 0.05) is 0 Å². The van der Waals surface area contributed by atoms with Gasteiger partial charge in [0.2, 0.25) is 0 Å². The van der Waals surface area contributed by atoms with Gasteiger partial charge in [0.15, 0.2) is 0 Å². The van der Waals surface area contributed by atoms with Crippen molar-refractivity contribution < 1.29 is 0 Å². The number of rotatable bonds is 0. The van der Waals surface area contributed by atoms with Crippen LogP contribution < -0.4 is 0 Å². The molecule has 0 aromatic carbocycles. The van der Waals surface area contributed by atoms with Gasteiger partial charge in [-0.2, -0.15) is 0 Å². The van der Waals surface area contributed by atoms with Gasteiger partial charge in [0.1, 0.15) is 0 Å². The number of halogens is 1. The standard InChI is InChI=1S/C4H4BN.HI/c1-2-4-6-5-3-1;/h1-4H;1H. The summed E-state index contributed by atoms with van der Waals surface area (Å²) in [5.74, 6) is 1.89. The molecule has 0 spiro atoms. The molecule has 0 amide bonds. The fourth-order valence-corrected chi connectivity index (χ4v) is 0.313. The Morgan fingerprint density at radius 3 is 2.29 bits per heavy atom. The van der Waals surface area contributed by atoms with E-state index in [9.17, 15) is 0 Å². The van der Waals surface area contributed by atoms with E-state index < -0.39 is 0 Å². The van der Waals surface area contributed by atoms with Crippen LogP contribution in [0.25, 0.3) is 0 Å². The molecule has 1 aromatic rings. The second-order valence-electron chi connectivity index (χ2n) is 1.02. The summed E-state index contributed by atoms with van der Waals surface area (Å²) in [6.45, 7) is 0. The predicted octanol–water partition coefficient (Wildman–Crippen LogP) is 1.04. The van der Waals surface area contributed by atoms with Crippen molar-refractivity contribution in [3.8, 4) is 0 Å². The molecule has 7 heavy (non-hydrogen) atoms. The third-order valence-corrected chi connectivity index (χ3v) is 0.566. The van der Waals surface area contributed by atoms with E-state index in [0.29, 0.717) is 0 Å². The van der Waals surface area contributed by atoms with Crippen LogP contribution in [0.5, 0.6) is 0 Å². The van der Waals surface area contributed by atoms with Crippen LogP contribution in [0, 0.1) is 0 Å². The van der Waals surface area contributed by atoms with Crippen LogP contribution in [0.4, 0.5) is 0 Å². The summed E-state index contributed by atoms with van der Waals surface area (Å²) >= 11 is 0. The van der Waals surface area contributed by atoms with Crippen molar-refractivity contribution in [2.24, 2.45) is 0 Å². The quantitative estimate of drug-likeness (QED) is 0.576. The zero-order valence-electron chi connectivity index (χ0n) is 3.74. The average Bonchev–Trinajstić information content (AvgIpc) is 1.72.